The summed E-state index contributed by atoms with van der Waals surface area (Å²) in [5, 5.41) is 4.00. The van der Waals surface area contributed by atoms with Crippen LogP contribution in [0.2, 0.25) is 5.02 Å². The van der Waals surface area contributed by atoms with Crippen molar-refractivity contribution in [3.05, 3.63) is 64.4 Å². The lowest BCUT2D eigenvalue weighted by atomic mass is 9.98. The smallest absolute Gasteiger partial charge is 0.123 e. The number of hydrogen-bond acceptors (Lipinski definition) is 2. The van der Waals surface area contributed by atoms with E-state index < -0.39 is 0 Å². The van der Waals surface area contributed by atoms with Crippen LogP contribution in [0, 0.1) is 5.82 Å². The van der Waals surface area contributed by atoms with Gasteiger partial charge >= 0.3 is 0 Å². The van der Waals surface area contributed by atoms with Gasteiger partial charge in [0.2, 0.25) is 0 Å². The van der Waals surface area contributed by atoms with Crippen LogP contribution in [0.4, 0.5) is 4.39 Å². The largest absolute Gasteiger partial charge is 0.497 e. The molecule has 2 nitrogen and oxygen atoms in total. The molecular formula is C17H19ClFNO. The second kappa shape index (κ2) is 7.43. The molecule has 0 aromatic heterocycles. The van der Waals surface area contributed by atoms with E-state index in [-0.39, 0.29) is 11.9 Å². The zero-order chi connectivity index (χ0) is 15.2. The number of benzene rings is 2. The van der Waals surface area contributed by atoms with Crippen LogP contribution in [0.1, 0.15) is 24.1 Å². The van der Waals surface area contributed by atoms with Crippen molar-refractivity contribution in [3.8, 4) is 5.75 Å². The highest BCUT2D eigenvalue weighted by Crippen LogP contribution is 2.25. The Morgan fingerprint density at radius 3 is 2.52 bits per heavy atom. The third-order valence-electron chi connectivity index (χ3n) is 3.40. The fourth-order valence-corrected chi connectivity index (χ4v) is 2.50. The van der Waals surface area contributed by atoms with Crippen LogP contribution in [0.15, 0.2) is 42.5 Å². The van der Waals surface area contributed by atoms with Crippen molar-refractivity contribution in [1.29, 1.82) is 0 Å². The summed E-state index contributed by atoms with van der Waals surface area (Å²) in [6, 6.07) is 12.4. The molecule has 1 atom stereocenters. The van der Waals surface area contributed by atoms with Gasteiger partial charge in [-0.1, -0.05) is 30.7 Å². The molecule has 0 radical (unpaired) electrons. The molecule has 0 aliphatic carbocycles. The molecule has 0 aliphatic heterocycles. The number of methoxy groups -OCH3 is 1. The number of rotatable bonds is 6. The van der Waals surface area contributed by atoms with Crippen LogP contribution in [-0.4, -0.2) is 13.7 Å². The first-order chi connectivity index (χ1) is 10.1. The summed E-state index contributed by atoms with van der Waals surface area (Å²) < 4.78 is 18.6. The highest BCUT2D eigenvalue weighted by Gasteiger charge is 2.14. The van der Waals surface area contributed by atoms with Gasteiger partial charge in [0.15, 0.2) is 0 Å². The van der Waals surface area contributed by atoms with E-state index in [2.05, 4.69) is 5.32 Å². The molecule has 2 aromatic carbocycles. The summed E-state index contributed by atoms with van der Waals surface area (Å²) in [6.45, 7) is 2.87. The number of nitrogens with one attached hydrogen (secondary N) is 1. The maximum absolute atomic E-state index is 13.4. The van der Waals surface area contributed by atoms with E-state index >= 15 is 0 Å². The number of likely N-dealkylation sites (N-methyl/N-ethyl adjacent to an activating group) is 1. The van der Waals surface area contributed by atoms with E-state index in [0.29, 0.717) is 11.4 Å². The lowest BCUT2D eigenvalue weighted by Crippen LogP contribution is -2.23. The fraction of sp³-hybridized carbons (Fsp3) is 0.294. The van der Waals surface area contributed by atoms with E-state index in [0.717, 1.165) is 23.4 Å². The van der Waals surface area contributed by atoms with E-state index in [1.165, 1.54) is 12.1 Å². The topological polar surface area (TPSA) is 21.3 Å². The lowest BCUT2D eigenvalue weighted by Gasteiger charge is -2.19. The van der Waals surface area contributed by atoms with Gasteiger partial charge in [-0.25, -0.2) is 4.39 Å². The standard InChI is InChI=1S/C17H19ClFNO/c1-3-20-17(12-4-7-15(21-2)8-5-12)11-13-10-14(19)6-9-16(13)18/h4-10,17,20H,3,11H2,1-2H3. The predicted octanol–water partition coefficient (Wildman–Crippen LogP) is 4.38. The summed E-state index contributed by atoms with van der Waals surface area (Å²) in [5.41, 5.74) is 1.93. The summed E-state index contributed by atoms with van der Waals surface area (Å²) in [4.78, 5) is 0. The van der Waals surface area contributed by atoms with Gasteiger partial charge in [-0.15, -0.1) is 0 Å². The van der Waals surface area contributed by atoms with Gasteiger partial charge in [0.1, 0.15) is 11.6 Å². The average molecular weight is 308 g/mol. The molecular weight excluding hydrogens is 289 g/mol. The molecule has 1 unspecified atom stereocenters. The molecule has 0 spiro atoms. The molecule has 0 aliphatic rings. The highest BCUT2D eigenvalue weighted by molar-refractivity contribution is 6.31. The molecule has 0 amide bonds. The SMILES string of the molecule is CCNC(Cc1cc(F)ccc1Cl)c1ccc(OC)cc1. The Balaban J connectivity index is 2.23. The van der Waals surface area contributed by atoms with Crippen LogP contribution >= 0.6 is 11.6 Å². The predicted molar refractivity (Wildman–Crippen MR) is 84.5 cm³/mol. The average Bonchev–Trinajstić information content (AvgIpc) is 2.50. The molecule has 0 saturated heterocycles. The first-order valence-corrected chi connectivity index (χ1v) is 7.33. The Kier molecular flexibility index (Phi) is 5.59. The van der Waals surface area contributed by atoms with Crippen molar-refractivity contribution in [2.75, 3.05) is 13.7 Å². The zero-order valence-corrected chi connectivity index (χ0v) is 13.0. The maximum atomic E-state index is 13.4. The second-order valence-corrected chi connectivity index (χ2v) is 5.23. The Hall–Kier alpha value is -1.58. The number of hydrogen-bond donors (Lipinski definition) is 1. The molecule has 0 saturated carbocycles. The van der Waals surface area contributed by atoms with E-state index in [1.54, 1.807) is 13.2 Å². The first-order valence-electron chi connectivity index (χ1n) is 6.95. The van der Waals surface area contributed by atoms with Crippen LogP contribution < -0.4 is 10.1 Å². The Bertz CT molecular complexity index is 586. The van der Waals surface area contributed by atoms with E-state index in [9.17, 15) is 4.39 Å². The third kappa shape index (κ3) is 4.19. The number of halogens is 2. The maximum Gasteiger partial charge on any atom is 0.123 e. The van der Waals surface area contributed by atoms with Crippen molar-refractivity contribution in [2.24, 2.45) is 0 Å². The third-order valence-corrected chi connectivity index (χ3v) is 3.77. The van der Waals surface area contributed by atoms with Crippen molar-refractivity contribution in [3.63, 3.8) is 0 Å². The second-order valence-electron chi connectivity index (χ2n) is 4.82. The minimum absolute atomic E-state index is 0.0835. The molecule has 0 heterocycles. The quantitative estimate of drug-likeness (QED) is 0.855. The van der Waals surface area contributed by atoms with Crippen LogP contribution in [-0.2, 0) is 6.42 Å². The molecule has 2 rings (SSSR count). The van der Waals surface area contributed by atoms with Gasteiger partial charge < -0.3 is 10.1 Å². The van der Waals surface area contributed by atoms with Crippen molar-refractivity contribution >= 4 is 11.6 Å². The van der Waals surface area contributed by atoms with Gasteiger partial charge in [-0.3, -0.25) is 0 Å². The molecule has 2 aromatic rings. The molecule has 0 bridgehead atoms. The van der Waals surface area contributed by atoms with E-state index in [1.807, 2.05) is 31.2 Å². The normalized spacial score (nSPS) is 12.2. The summed E-state index contributed by atoms with van der Waals surface area (Å²) in [5.74, 6) is 0.553. The lowest BCUT2D eigenvalue weighted by molar-refractivity contribution is 0.414. The van der Waals surface area contributed by atoms with Crippen LogP contribution in [0.5, 0.6) is 5.75 Å². The Morgan fingerprint density at radius 1 is 1.19 bits per heavy atom. The van der Waals surface area contributed by atoms with Crippen LogP contribution in [0.25, 0.3) is 0 Å². The van der Waals surface area contributed by atoms with Crippen LogP contribution in [0.3, 0.4) is 0 Å². The minimum Gasteiger partial charge on any atom is -0.497 e. The molecule has 4 heteroatoms. The fourth-order valence-electron chi connectivity index (χ4n) is 2.31. The number of ether oxygens (including phenoxy) is 1. The minimum atomic E-state index is -0.264. The van der Waals surface area contributed by atoms with Gasteiger partial charge in [0, 0.05) is 11.1 Å². The van der Waals surface area contributed by atoms with Gasteiger partial charge in [0.25, 0.3) is 0 Å². The van der Waals surface area contributed by atoms with Gasteiger partial charge in [-0.2, -0.15) is 0 Å². The highest BCUT2D eigenvalue weighted by atomic mass is 35.5. The molecule has 21 heavy (non-hydrogen) atoms. The Labute approximate surface area is 129 Å². The molecule has 1 N–H and O–H groups in total. The molecule has 0 fully saturated rings. The van der Waals surface area contributed by atoms with Gasteiger partial charge in [0.05, 0.1) is 7.11 Å². The van der Waals surface area contributed by atoms with Crippen molar-refractivity contribution in [1.82, 2.24) is 5.32 Å². The monoisotopic (exact) mass is 307 g/mol. The van der Waals surface area contributed by atoms with Gasteiger partial charge in [-0.05, 0) is 54.4 Å². The Morgan fingerprint density at radius 2 is 1.90 bits per heavy atom. The molecule has 112 valence electrons. The van der Waals surface area contributed by atoms with Crippen molar-refractivity contribution < 1.29 is 9.13 Å². The van der Waals surface area contributed by atoms with E-state index in [4.69, 9.17) is 16.3 Å². The summed E-state index contributed by atoms with van der Waals surface area (Å²) in [7, 11) is 1.64. The summed E-state index contributed by atoms with van der Waals surface area (Å²) >= 11 is 6.16. The summed E-state index contributed by atoms with van der Waals surface area (Å²) in [6.07, 6.45) is 0.636. The zero-order valence-electron chi connectivity index (χ0n) is 12.2. The van der Waals surface area contributed by atoms with Crippen molar-refractivity contribution in [2.45, 2.75) is 19.4 Å². The first kappa shape index (κ1) is 15.8.